The van der Waals surface area contributed by atoms with Crippen LogP contribution in [0.5, 0.6) is 5.75 Å². The Bertz CT molecular complexity index is 762. The molecule has 144 valence electrons. The molecule has 0 heterocycles. The van der Waals surface area contributed by atoms with Gasteiger partial charge < -0.3 is 14.7 Å². The standard InChI is InChI=1S/C22H26FNO3/c1-27-21-10-8-16(9-11-21)14-24(15-17-4-2-6-19(23)12-17)22(26)18-5-3-7-20(25)13-18/h2,4,6,8-12,18,20,25H,3,5,7,13-15H2,1H3/t18-,20-/m0/s1. The summed E-state index contributed by atoms with van der Waals surface area (Å²) in [6.07, 6.45) is 2.49. The third-order valence-electron chi connectivity index (χ3n) is 5.10. The van der Waals surface area contributed by atoms with Crippen molar-refractivity contribution in [2.45, 2.75) is 44.9 Å². The average Bonchev–Trinajstić information content (AvgIpc) is 2.67. The van der Waals surface area contributed by atoms with Crippen LogP contribution in [0.4, 0.5) is 4.39 Å². The number of hydrogen-bond acceptors (Lipinski definition) is 3. The van der Waals surface area contributed by atoms with Crippen molar-refractivity contribution >= 4 is 5.91 Å². The molecule has 0 radical (unpaired) electrons. The van der Waals surface area contributed by atoms with Crippen LogP contribution in [0.15, 0.2) is 48.5 Å². The number of rotatable bonds is 6. The van der Waals surface area contributed by atoms with E-state index in [9.17, 15) is 14.3 Å². The molecular weight excluding hydrogens is 345 g/mol. The van der Waals surface area contributed by atoms with Crippen LogP contribution < -0.4 is 4.74 Å². The number of amides is 1. The number of carbonyl (C=O) groups excluding carboxylic acids is 1. The van der Waals surface area contributed by atoms with Gasteiger partial charge in [-0.25, -0.2) is 4.39 Å². The van der Waals surface area contributed by atoms with E-state index in [1.54, 1.807) is 18.1 Å². The van der Waals surface area contributed by atoms with Crippen LogP contribution in [0.1, 0.15) is 36.8 Å². The van der Waals surface area contributed by atoms with E-state index in [-0.39, 0.29) is 17.6 Å². The number of benzene rings is 2. The van der Waals surface area contributed by atoms with Gasteiger partial charge in [-0.3, -0.25) is 4.79 Å². The Balaban J connectivity index is 1.79. The number of hydrogen-bond donors (Lipinski definition) is 1. The molecule has 2 atom stereocenters. The van der Waals surface area contributed by atoms with Crippen LogP contribution in [0, 0.1) is 11.7 Å². The number of ether oxygens (including phenoxy) is 1. The molecule has 5 heteroatoms. The van der Waals surface area contributed by atoms with Gasteiger partial charge in [-0.15, -0.1) is 0 Å². The monoisotopic (exact) mass is 371 g/mol. The minimum absolute atomic E-state index is 0.0221. The lowest BCUT2D eigenvalue weighted by atomic mass is 9.86. The molecule has 4 nitrogen and oxygen atoms in total. The number of aliphatic hydroxyl groups excluding tert-OH is 1. The van der Waals surface area contributed by atoms with Crippen molar-refractivity contribution in [3.05, 3.63) is 65.5 Å². The van der Waals surface area contributed by atoms with Crippen molar-refractivity contribution in [1.82, 2.24) is 4.90 Å². The van der Waals surface area contributed by atoms with Gasteiger partial charge in [-0.1, -0.05) is 30.7 Å². The minimum Gasteiger partial charge on any atom is -0.497 e. The van der Waals surface area contributed by atoms with Crippen LogP contribution in [0.3, 0.4) is 0 Å². The van der Waals surface area contributed by atoms with E-state index in [1.807, 2.05) is 30.3 Å². The number of halogens is 1. The second-order valence-electron chi connectivity index (χ2n) is 7.19. The van der Waals surface area contributed by atoms with E-state index in [4.69, 9.17) is 4.74 Å². The molecule has 0 aliphatic heterocycles. The fraction of sp³-hybridized carbons (Fsp3) is 0.409. The van der Waals surface area contributed by atoms with Crippen molar-refractivity contribution in [1.29, 1.82) is 0 Å². The first kappa shape index (κ1) is 19.4. The van der Waals surface area contributed by atoms with Crippen LogP contribution in [0.25, 0.3) is 0 Å². The maximum Gasteiger partial charge on any atom is 0.226 e. The number of aliphatic hydroxyl groups is 1. The molecule has 27 heavy (non-hydrogen) atoms. The largest absolute Gasteiger partial charge is 0.497 e. The summed E-state index contributed by atoms with van der Waals surface area (Å²) < 4.78 is 18.8. The zero-order chi connectivity index (χ0) is 19.2. The summed E-state index contributed by atoms with van der Waals surface area (Å²) in [5.74, 6) is 0.295. The van der Waals surface area contributed by atoms with Gasteiger partial charge in [0.2, 0.25) is 5.91 Å². The normalized spacial score (nSPS) is 19.5. The average molecular weight is 371 g/mol. The quantitative estimate of drug-likeness (QED) is 0.837. The first-order chi connectivity index (χ1) is 13.0. The molecule has 1 amide bonds. The molecule has 2 aromatic carbocycles. The molecule has 1 aliphatic rings. The van der Waals surface area contributed by atoms with E-state index in [1.165, 1.54) is 12.1 Å². The van der Waals surface area contributed by atoms with E-state index in [0.717, 1.165) is 36.1 Å². The first-order valence-electron chi connectivity index (χ1n) is 9.39. The molecule has 1 N–H and O–H groups in total. The molecule has 2 aromatic rings. The summed E-state index contributed by atoms with van der Waals surface area (Å²) >= 11 is 0. The zero-order valence-electron chi connectivity index (χ0n) is 15.6. The fourth-order valence-corrected chi connectivity index (χ4v) is 3.67. The Hall–Kier alpha value is -2.40. The van der Waals surface area contributed by atoms with Crippen LogP contribution >= 0.6 is 0 Å². The van der Waals surface area contributed by atoms with Gasteiger partial charge in [0.05, 0.1) is 13.2 Å². The van der Waals surface area contributed by atoms with Gasteiger partial charge in [0, 0.05) is 19.0 Å². The maximum atomic E-state index is 13.6. The third kappa shape index (κ3) is 5.30. The lowest BCUT2D eigenvalue weighted by Gasteiger charge is -2.31. The molecule has 1 fully saturated rings. The highest BCUT2D eigenvalue weighted by Crippen LogP contribution is 2.27. The lowest BCUT2D eigenvalue weighted by Crippen LogP contribution is -2.38. The van der Waals surface area contributed by atoms with Crippen molar-refractivity contribution < 1.29 is 19.0 Å². The topological polar surface area (TPSA) is 49.8 Å². The molecular formula is C22H26FNO3. The van der Waals surface area contributed by atoms with Crippen LogP contribution in [-0.4, -0.2) is 29.1 Å². The van der Waals surface area contributed by atoms with Crippen molar-refractivity contribution in [3.8, 4) is 5.75 Å². The summed E-state index contributed by atoms with van der Waals surface area (Å²) in [6, 6.07) is 13.9. The van der Waals surface area contributed by atoms with E-state index >= 15 is 0 Å². The predicted molar refractivity (Wildman–Crippen MR) is 102 cm³/mol. The van der Waals surface area contributed by atoms with Gasteiger partial charge in [-0.2, -0.15) is 0 Å². The number of carbonyl (C=O) groups is 1. The van der Waals surface area contributed by atoms with Crippen LogP contribution in [-0.2, 0) is 17.9 Å². The Labute approximate surface area is 159 Å². The van der Waals surface area contributed by atoms with Gasteiger partial charge in [-0.05, 0) is 54.7 Å². The van der Waals surface area contributed by atoms with E-state index in [2.05, 4.69) is 0 Å². The molecule has 0 aromatic heterocycles. The Kier molecular flexibility index (Phi) is 6.45. The number of methoxy groups -OCH3 is 1. The van der Waals surface area contributed by atoms with Gasteiger partial charge >= 0.3 is 0 Å². The molecule has 0 spiro atoms. The molecule has 0 saturated heterocycles. The van der Waals surface area contributed by atoms with E-state index < -0.39 is 6.10 Å². The summed E-state index contributed by atoms with van der Waals surface area (Å²) in [5.41, 5.74) is 1.74. The Morgan fingerprint density at radius 3 is 2.56 bits per heavy atom. The van der Waals surface area contributed by atoms with Crippen molar-refractivity contribution in [2.75, 3.05) is 7.11 Å². The maximum absolute atomic E-state index is 13.6. The first-order valence-corrected chi connectivity index (χ1v) is 9.39. The van der Waals surface area contributed by atoms with Crippen molar-refractivity contribution in [3.63, 3.8) is 0 Å². The fourth-order valence-electron chi connectivity index (χ4n) is 3.67. The summed E-state index contributed by atoms with van der Waals surface area (Å²) in [7, 11) is 1.61. The second-order valence-corrected chi connectivity index (χ2v) is 7.19. The highest BCUT2D eigenvalue weighted by molar-refractivity contribution is 5.79. The number of nitrogens with zero attached hydrogens (tertiary/aromatic N) is 1. The molecule has 1 aliphatic carbocycles. The molecule has 0 bridgehead atoms. The van der Waals surface area contributed by atoms with Gasteiger partial charge in [0.25, 0.3) is 0 Å². The second kappa shape index (κ2) is 9.00. The Morgan fingerprint density at radius 1 is 1.15 bits per heavy atom. The lowest BCUT2D eigenvalue weighted by molar-refractivity contribution is -0.139. The SMILES string of the molecule is COc1ccc(CN(Cc2cccc(F)c2)C(=O)[C@H]2CCC[C@H](O)C2)cc1. The smallest absolute Gasteiger partial charge is 0.226 e. The van der Waals surface area contributed by atoms with Crippen molar-refractivity contribution in [2.24, 2.45) is 5.92 Å². The summed E-state index contributed by atoms with van der Waals surface area (Å²) in [4.78, 5) is 14.9. The highest BCUT2D eigenvalue weighted by Gasteiger charge is 2.29. The summed E-state index contributed by atoms with van der Waals surface area (Å²) in [6.45, 7) is 0.779. The molecule has 0 unspecified atom stereocenters. The zero-order valence-corrected chi connectivity index (χ0v) is 15.6. The predicted octanol–water partition coefficient (Wildman–Crippen LogP) is 3.91. The van der Waals surface area contributed by atoms with E-state index in [0.29, 0.717) is 19.5 Å². The third-order valence-corrected chi connectivity index (χ3v) is 5.10. The minimum atomic E-state index is -0.412. The van der Waals surface area contributed by atoms with Gasteiger partial charge in [0.15, 0.2) is 0 Å². The summed E-state index contributed by atoms with van der Waals surface area (Å²) in [5, 5.41) is 9.95. The molecule has 3 rings (SSSR count). The molecule has 1 saturated carbocycles. The van der Waals surface area contributed by atoms with Crippen LogP contribution in [0.2, 0.25) is 0 Å². The van der Waals surface area contributed by atoms with Gasteiger partial charge in [0.1, 0.15) is 11.6 Å². The Morgan fingerprint density at radius 2 is 1.89 bits per heavy atom. The highest BCUT2D eigenvalue weighted by atomic mass is 19.1.